The van der Waals surface area contributed by atoms with E-state index in [2.05, 4.69) is 21.0 Å². The van der Waals surface area contributed by atoms with Gasteiger partial charge in [-0.3, -0.25) is 4.79 Å². The predicted molar refractivity (Wildman–Crippen MR) is 79.3 cm³/mol. The molecule has 20 heavy (non-hydrogen) atoms. The molecule has 104 valence electrons. The fourth-order valence-corrected chi connectivity index (χ4v) is 2.75. The number of aliphatic carboxylic acids is 1. The monoisotopic (exact) mass is 334 g/mol. The van der Waals surface area contributed by atoms with Crippen molar-refractivity contribution in [3.05, 3.63) is 45.7 Å². The SMILES string of the molecule is Cc1ccc(-n2nc(C3(C(=O)O)CC3)cc2C)cc1Br. The van der Waals surface area contributed by atoms with Crippen molar-refractivity contribution in [1.82, 2.24) is 9.78 Å². The molecule has 1 aliphatic rings. The van der Waals surface area contributed by atoms with Crippen molar-refractivity contribution in [2.75, 3.05) is 0 Å². The van der Waals surface area contributed by atoms with Crippen LogP contribution in [-0.4, -0.2) is 20.9 Å². The van der Waals surface area contributed by atoms with Crippen LogP contribution in [0.15, 0.2) is 28.7 Å². The number of nitrogens with zero attached hydrogens (tertiary/aromatic N) is 2. The summed E-state index contributed by atoms with van der Waals surface area (Å²) in [5, 5.41) is 13.9. The molecule has 0 spiro atoms. The van der Waals surface area contributed by atoms with Crippen LogP contribution in [0.3, 0.4) is 0 Å². The van der Waals surface area contributed by atoms with Crippen molar-refractivity contribution >= 4 is 21.9 Å². The van der Waals surface area contributed by atoms with E-state index in [1.54, 1.807) is 0 Å². The van der Waals surface area contributed by atoms with Gasteiger partial charge in [-0.05, 0) is 50.5 Å². The zero-order chi connectivity index (χ0) is 14.5. The third kappa shape index (κ3) is 1.97. The van der Waals surface area contributed by atoms with Crippen molar-refractivity contribution < 1.29 is 9.90 Å². The van der Waals surface area contributed by atoms with E-state index in [0.29, 0.717) is 18.5 Å². The molecule has 0 unspecified atom stereocenters. The lowest BCUT2D eigenvalue weighted by Crippen LogP contribution is -2.20. The number of carboxylic acid groups (broad SMARTS) is 1. The molecule has 1 aliphatic carbocycles. The molecule has 1 aromatic carbocycles. The lowest BCUT2D eigenvalue weighted by molar-refractivity contribution is -0.140. The summed E-state index contributed by atoms with van der Waals surface area (Å²) in [4.78, 5) is 11.4. The fraction of sp³-hybridized carbons (Fsp3) is 0.333. The number of carbonyl (C=O) groups is 1. The maximum absolute atomic E-state index is 11.4. The Bertz CT molecular complexity index is 702. The molecule has 3 rings (SSSR count). The molecule has 1 fully saturated rings. The molecule has 0 atom stereocenters. The Hall–Kier alpha value is -1.62. The summed E-state index contributed by atoms with van der Waals surface area (Å²) in [6.45, 7) is 3.97. The van der Waals surface area contributed by atoms with Crippen LogP contribution in [0.4, 0.5) is 0 Å². The van der Waals surface area contributed by atoms with Crippen molar-refractivity contribution in [2.24, 2.45) is 0 Å². The molecular formula is C15H15BrN2O2. The summed E-state index contributed by atoms with van der Waals surface area (Å²) < 4.78 is 2.83. The Labute approximate surface area is 125 Å². The van der Waals surface area contributed by atoms with Crippen LogP contribution in [0.1, 0.15) is 29.8 Å². The van der Waals surface area contributed by atoms with E-state index in [1.165, 1.54) is 0 Å². The highest BCUT2D eigenvalue weighted by Gasteiger charge is 2.53. The molecule has 1 N–H and O–H groups in total. The minimum atomic E-state index is -0.771. The minimum Gasteiger partial charge on any atom is -0.481 e. The van der Waals surface area contributed by atoms with Gasteiger partial charge in [-0.25, -0.2) is 4.68 Å². The predicted octanol–water partition coefficient (Wildman–Crippen LogP) is 3.37. The van der Waals surface area contributed by atoms with Gasteiger partial charge in [-0.15, -0.1) is 0 Å². The van der Waals surface area contributed by atoms with Gasteiger partial charge >= 0.3 is 5.97 Å². The standard InChI is InChI=1S/C15H15BrN2O2/c1-9-3-4-11(8-12(9)16)18-10(2)7-13(17-18)15(5-6-15)14(19)20/h3-4,7-8H,5-6H2,1-2H3,(H,19,20). The van der Waals surface area contributed by atoms with Gasteiger partial charge in [0.05, 0.1) is 11.4 Å². The molecule has 1 heterocycles. The summed E-state index contributed by atoms with van der Waals surface area (Å²) in [7, 11) is 0. The second-order valence-corrected chi connectivity index (χ2v) is 6.26. The molecule has 0 radical (unpaired) electrons. The topological polar surface area (TPSA) is 55.1 Å². The van der Waals surface area contributed by atoms with Crippen molar-refractivity contribution in [3.8, 4) is 5.69 Å². The van der Waals surface area contributed by atoms with Gasteiger partial charge in [0, 0.05) is 10.2 Å². The molecule has 1 saturated carbocycles. The summed E-state index contributed by atoms with van der Waals surface area (Å²) >= 11 is 3.51. The van der Waals surface area contributed by atoms with Gasteiger partial charge in [0.1, 0.15) is 5.41 Å². The average molecular weight is 335 g/mol. The van der Waals surface area contributed by atoms with Crippen LogP contribution >= 0.6 is 15.9 Å². The smallest absolute Gasteiger partial charge is 0.315 e. The van der Waals surface area contributed by atoms with E-state index in [-0.39, 0.29) is 0 Å². The summed E-state index contributed by atoms with van der Waals surface area (Å²) in [5.74, 6) is -0.771. The molecule has 0 amide bonds. The van der Waals surface area contributed by atoms with E-state index in [9.17, 15) is 9.90 Å². The summed E-state index contributed by atoms with van der Waals surface area (Å²) in [6.07, 6.45) is 1.35. The second-order valence-electron chi connectivity index (χ2n) is 5.40. The minimum absolute atomic E-state index is 0.666. The van der Waals surface area contributed by atoms with Gasteiger partial charge in [-0.2, -0.15) is 5.10 Å². The number of hydrogen-bond acceptors (Lipinski definition) is 2. The first kappa shape index (κ1) is 13.4. The maximum Gasteiger partial charge on any atom is 0.315 e. The van der Waals surface area contributed by atoms with Gasteiger partial charge in [0.25, 0.3) is 0 Å². The number of carboxylic acids is 1. The Morgan fingerprint density at radius 2 is 2.05 bits per heavy atom. The molecule has 1 aromatic heterocycles. The molecule has 4 nitrogen and oxygen atoms in total. The quantitative estimate of drug-likeness (QED) is 0.936. The Kier molecular flexibility index (Phi) is 2.97. The van der Waals surface area contributed by atoms with Crippen molar-refractivity contribution in [1.29, 1.82) is 0 Å². The van der Waals surface area contributed by atoms with Gasteiger partial charge in [0.15, 0.2) is 0 Å². The van der Waals surface area contributed by atoms with Crippen molar-refractivity contribution in [2.45, 2.75) is 32.1 Å². The first-order valence-electron chi connectivity index (χ1n) is 6.51. The van der Waals surface area contributed by atoms with Crippen LogP contribution in [0.5, 0.6) is 0 Å². The largest absolute Gasteiger partial charge is 0.481 e. The molecular weight excluding hydrogens is 320 g/mol. The molecule has 5 heteroatoms. The first-order chi connectivity index (χ1) is 9.44. The summed E-state index contributed by atoms with van der Waals surface area (Å²) in [6, 6.07) is 7.89. The lowest BCUT2D eigenvalue weighted by atomic mass is 10.0. The third-order valence-corrected chi connectivity index (χ3v) is 4.79. The zero-order valence-electron chi connectivity index (χ0n) is 11.4. The molecule has 0 aliphatic heterocycles. The third-order valence-electron chi connectivity index (χ3n) is 3.94. The number of rotatable bonds is 3. The zero-order valence-corrected chi connectivity index (χ0v) is 12.9. The van der Waals surface area contributed by atoms with Crippen LogP contribution in [0, 0.1) is 13.8 Å². The lowest BCUT2D eigenvalue weighted by Gasteiger charge is -2.07. The fourth-order valence-electron chi connectivity index (χ4n) is 2.39. The number of hydrogen-bond donors (Lipinski definition) is 1. The average Bonchev–Trinajstić information content (AvgIpc) is 3.12. The van der Waals surface area contributed by atoms with Gasteiger partial charge in [-0.1, -0.05) is 22.0 Å². The number of aromatic nitrogens is 2. The Morgan fingerprint density at radius 1 is 1.35 bits per heavy atom. The van der Waals surface area contributed by atoms with E-state index >= 15 is 0 Å². The maximum atomic E-state index is 11.4. The highest BCUT2D eigenvalue weighted by Crippen LogP contribution is 2.48. The Morgan fingerprint density at radius 3 is 2.60 bits per heavy atom. The van der Waals surface area contributed by atoms with E-state index in [4.69, 9.17) is 0 Å². The van der Waals surface area contributed by atoms with Crippen molar-refractivity contribution in [3.63, 3.8) is 0 Å². The van der Waals surface area contributed by atoms with Gasteiger partial charge in [0.2, 0.25) is 0 Å². The Balaban J connectivity index is 2.05. The van der Waals surface area contributed by atoms with E-state index < -0.39 is 11.4 Å². The van der Waals surface area contributed by atoms with Crippen LogP contribution < -0.4 is 0 Å². The van der Waals surface area contributed by atoms with Gasteiger partial charge < -0.3 is 5.11 Å². The van der Waals surface area contributed by atoms with Crippen LogP contribution in [0.2, 0.25) is 0 Å². The second kappa shape index (κ2) is 4.45. The van der Waals surface area contributed by atoms with Crippen LogP contribution in [-0.2, 0) is 10.2 Å². The number of aryl methyl sites for hydroxylation is 2. The highest BCUT2D eigenvalue weighted by molar-refractivity contribution is 9.10. The molecule has 0 saturated heterocycles. The summed E-state index contributed by atoms with van der Waals surface area (Å²) in [5.41, 5.74) is 2.95. The van der Waals surface area contributed by atoms with E-state index in [1.807, 2.05) is 42.8 Å². The molecule has 0 bridgehead atoms. The number of halogens is 1. The highest BCUT2D eigenvalue weighted by atomic mass is 79.9. The van der Waals surface area contributed by atoms with Crippen LogP contribution in [0.25, 0.3) is 5.69 Å². The number of benzene rings is 1. The van der Waals surface area contributed by atoms with E-state index in [0.717, 1.165) is 21.4 Å². The molecule has 2 aromatic rings. The normalized spacial score (nSPS) is 16.1. The first-order valence-corrected chi connectivity index (χ1v) is 7.30.